The number of urea groups is 1. The average Bonchev–Trinajstić information content (AvgIpc) is 3.18. The molecule has 1 aliphatic rings. The maximum atomic E-state index is 12.8. The van der Waals surface area contributed by atoms with E-state index in [1.54, 1.807) is 46.0 Å². The summed E-state index contributed by atoms with van der Waals surface area (Å²) in [6, 6.07) is 12.2. The van der Waals surface area contributed by atoms with Gasteiger partial charge in [0.25, 0.3) is 5.91 Å². The summed E-state index contributed by atoms with van der Waals surface area (Å²) in [7, 11) is -3.36. The Morgan fingerprint density at radius 3 is 2.33 bits per heavy atom. The number of carbonyl (C=O) groups excluding carboxylic acids is 2. The van der Waals surface area contributed by atoms with Crippen LogP contribution in [0, 0.1) is 6.57 Å². The molecular formula is C22H20N6O4S. The van der Waals surface area contributed by atoms with Crippen LogP contribution in [0.3, 0.4) is 0 Å². The fraction of sp³-hybridized carbons (Fsp3) is 0.182. The summed E-state index contributed by atoms with van der Waals surface area (Å²) in [5.74, 6) is -0.685. The Balaban J connectivity index is 1.60. The van der Waals surface area contributed by atoms with Crippen LogP contribution < -0.4 is 11.1 Å². The zero-order chi connectivity index (χ0) is 23.8. The summed E-state index contributed by atoms with van der Waals surface area (Å²) in [4.78, 5) is 30.1. The van der Waals surface area contributed by atoms with E-state index in [0.29, 0.717) is 41.4 Å². The molecule has 0 fully saturated rings. The molecule has 11 heteroatoms. The molecule has 0 unspecified atom stereocenters. The summed E-state index contributed by atoms with van der Waals surface area (Å²) in [5, 5.41) is 7.29. The van der Waals surface area contributed by atoms with E-state index in [-0.39, 0.29) is 23.0 Å². The van der Waals surface area contributed by atoms with Crippen molar-refractivity contribution in [2.75, 3.05) is 18.1 Å². The van der Waals surface area contributed by atoms with Crippen molar-refractivity contribution < 1.29 is 18.0 Å². The average molecular weight is 465 g/mol. The fourth-order valence-corrected chi connectivity index (χ4v) is 4.26. The van der Waals surface area contributed by atoms with Crippen LogP contribution in [0.1, 0.15) is 16.1 Å². The van der Waals surface area contributed by atoms with Gasteiger partial charge in [0.05, 0.1) is 35.8 Å². The number of amides is 3. The molecule has 1 aromatic heterocycles. The Morgan fingerprint density at radius 2 is 1.76 bits per heavy atom. The zero-order valence-electron chi connectivity index (χ0n) is 17.6. The van der Waals surface area contributed by atoms with Gasteiger partial charge in [-0.25, -0.2) is 18.1 Å². The van der Waals surface area contributed by atoms with E-state index in [9.17, 15) is 18.0 Å². The van der Waals surface area contributed by atoms with Crippen LogP contribution in [0.15, 0.2) is 53.4 Å². The van der Waals surface area contributed by atoms with Crippen LogP contribution in [0.25, 0.3) is 16.1 Å². The molecule has 33 heavy (non-hydrogen) atoms. The predicted octanol–water partition coefficient (Wildman–Crippen LogP) is 2.65. The molecule has 2 aromatic carbocycles. The Labute approximate surface area is 190 Å². The van der Waals surface area contributed by atoms with Gasteiger partial charge in [-0.2, -0.15) is 5.10 Å². The molecule has 4 rings (SSSR count). The highest BCUT2D eigenvalue weighted by atomic mass is 32.2. The maximum Gasteiger partial charge on any atom is 0.322 e. The predicted molar refractivity (Wildman–Crippen MR) is 121 cm³/mol. The molecule has 0 aliphatic carbocycles. The molecule has 3 aromatic rings. The molecule has 2 heterocycles. The van der Waals surface area contributed by atoms with Crippen LogP contribution in [0.2, 0.25) is 0 Å². The standard InChI is InChI=1S/C22H20N6O4S/c1-24-15-5-7-16(8-6-15)25-22(30)27-11-12-28-18(13-27)19(21(23)29)20(26-28)14-3-9-17(10-4-14)33(2,31)32/h3-10H,11-13H2,2H3,(H2,23,29)(H,25,30). The molecule has 1 aliphatic heterocycles. The minimum absolute atomic E-state index is 0.124. The Hall–Kier alpha value is -4.17. The number of benzene rings is 2. The zero-order valence-corrected chi connectivity index (χ0v) is 18.5. The molecule has 0 bridgehead atoms. The summed E-state index contributed by atoms with van der Waals surface area (Å²) in [5.41, 5.74) is 8.28. The molecule has 0 radical (unpaired) electrons. The second kappa shape index (κ2) is 8.40. The summed E-state index contributed by atoms with van der Waals surface area (Å²) >= 11 is 0. The smallest absolute Gasteiger partial charge is 0.322 e. The van der Waals surface area contributed by atoms with Gasteiger partial charge in [0.1, 0.15) is 5.69 Å². The number of aromatic nitrogens is 2. The van der Waals surface area contributed by atoms with E-state index in [4.69, 9.17) is 12.3 Å². The number of rotatable bonds is 4. The van der Waals surface area contributed by atoms with Crippen LogP contribution >= 0.6 is 0 Å². The first kappa shape index (κ1) is 22.0. The molecule has 3 amide bonds. The van der Waals surface area contributed by atoms with Gasteiger partial charge < -0.3 is 16.0 Å². The van der Waals surface area contributed by atoms with E-state index in [1.807, 2.05) is 0 Å². The number of anilines is 1. The molecule has 0 saturated heterocycles. The number of primary amides is 1. The van der Waals surface area contributed by atoms with E-state index in [0.717, 1.165) is 6.26 Å². The minimum atomic E-state index is -3.36. The summed E-state index contributed by atoms with van der Waals surface area (Å²) < 4.78 is 25.1. The molecule has 10 nitrogen and oxygen atoms in total. The van der Waals surface area contributed by atoms with Gasteiger partial charge in [-0.3, -0.25) is 9.48 Å². The van der Waals surface area contributed by atoms with E-state index in [1.165, 1.54) is 12.1 Å². The lowest BCUT2D eigenvalue weighted by molar-refractivity contribution is 0.0997. The second-order valence-corrected chi connectivity index (χ2v) is 9.58. The van der Waals surface area contributed by atoms with Gasteiger partial charge in [-0.15, -0.1) is 0 Å². The van der Waals surface area contributed by atoms with Gasteiger partial charge in [0.2, 0.25) is 0 Å². The normalized spacial score (nSPS) is 13.2. The van der Waals surface area contributed by atoms with Crippen molar-refractivity contribution in [3.8, 4) is 11.3 Å². The largest absolute Gasteiger partial charge is 0.365 e. The molecule has 3 N–H and O–H groups in total. The first-order valence-electron chi connectivity index (χ1n) is 9.91. The number of carbonyl (C=O) groups is 2. The number of nitrogens with one attached hydrogen (secondary N) is 1. The third kappa shape index (κ3) is 4.42. The van der Waals surface area contributed by atoms with Crippen LogP contribution in [-0.2, 0) is 22.9 Å². The number of sulfone groups is 1. The highest BCUT2D eigenvalue weighted by molar-refractivity contribution is 7.90. The van der Waals surface area contributed by atoms with Gasteiger partial charge in [0.15, 0.2) is 15.5 Å². The maximum absolute atomic E-state index is 12.8. The summed E-state index contributed by atoms with van der Waals surface area (Å²) in [6.07, 6.45) is 1.12. The summed E-state index contributed by atoms with van der Waals surface area (Å²) in [6.45, 7) is 7.85. The van der Waals surface area contributed by atoms with Crippen molar-refractivity contribution in [3.05, 3.63) is 71.2 Å². The highest BCUT2D eigenvalue weighted by Crippen LogP contribution is 2.29. The number of hydrogen-bond acceptors (Lipinski definition) is 5. The van der Waals surface area contributed by atoms with Crippen molar-refractivity contribution in [1.82, 2.24) is 14.7 Å². The van der Waals surface area contributed by atoms with Gasteiger partial charge in [0, 0.05) is 24.1 Å². The monoisotopic (exact) mass is 464 g/mol. The first-order valence-corrected chi connectivity index (χ1v) is 11.8. The van der Waals surface area contributed by atoms with Crippen molar-refractivity contribution >= 4 is 33.2 Å². The second-order valence-electron chi connectivity index (χ2n) is 7.56. The van der Waals surface area contributed by atoms with Crippen LogP contribution in [0.5, 0.6) is 0 Å². The first-order chi connectivity index (χ1) is 15.7. The van der Waals surface area contributed by atoms with Crippen molar-refractivity contribution in [2.24, 2.45) is 5.73 Å². The van der Waals surface area contributed by atoms with Crippen molar-refractivity contribution in [3.63, 3.8) is 0 Å². The fourth-order valence-electron chi connectivity index (χ4n) is 3.63. The Kier molecular flexibility index (Phi) is 5.61. The van der Waals surface area contributed by atoms with Crippen LogP contribution in [-0.4, -0.2) is 47.8 Å². The highest BCUT2D eigenvalue weighted by Gasteiger charge is 2.29. The molecule has 0 saturated carbocycles. The molecular weight excluding hydrogens is 444 g/mol. The Morgan fingerprint density at radius 1 is 1.09 bits per heavy atom. The Bertz CT molecular complexity index is 1390. The van der Waals surface area contributed by atoms with Gasteiger partial charge in [-0.05, 0) is 24.3 Å². The van der Waals surface area contributed by atoms with E-state index >= 15 is 0 Å². The quantitative estimate of drug-likeness (QED) is 0.573. The van der Waals surface area contributed by atoms with Gasteiger partial charge in [-0.1, -0.05) is 24.3 Å². The number of hydrogen-bond donors (Lipinski definition) is 2. The van der Waals surface area contributed by atoms with Crippen molar-refractivity contribution in [1.29, 1.82) is 0 Å². The van der Waals surface area contributed by atoms with Gasteiger partial charge >= 0.3 is 6.03 Å². The van der Waals surface area contributed by atoms with Crippen molar-refractivity contribution in [2.45, 2.75) is 18.0 Å². The lowest BCUT2D eigenvalue weighted by Gasteiger charge is -2.28. The minimum Gasteiger partial charge on any atom is -0.365 e. The third-order valence-corrected chi connectivity index (χ3v) is 6.45. The molecule has 0 atom stereocenters. The number of nitrogens with zero attached hydrogens (tertiary/aromatic N) is 4. The third-order valence-electron chi connectivity index (χ3n) is 5.32. The molecule has 0 spiro atoms. The van der Waals surface area contributed by atoms with Crippen LogP contribution in [0.4, 0.5) is 16.2 Å². The van der Waals surface area contributed by atoms with E-state index < -0.39 is 15.7 Å². The van der Waals surface area contributed by atoms with E-state index in [2.05, 4.69) is 15.3 Å². The molecule has 168 valence electrons. The lowest BCUT2D eigenvalue weighted by atomic mass is 10.0. The SMILES string of the molecule is [C-]#[N+]c1ccc(NC(=O)N2CCn3nc(-c4ccc(S(C)(=O)=O)cc4)c(C(N)=O)c3C2)cc1. The topological polar surface area (TPSA) is 132 Å². The lowest BCUT2D eigenvalue weighted by Crippen LogP contribution is -2.41. The number of fused-ring (bicyclic) bond motifs is 1. The number of nitrogens with two attached hydrogens (primary N) is 1.